The van der Waals surface area contributed by atoms with Gasteiger partial charge in [0.05, 0.1) is 0 Å². The van der Waals surface area contributed by atoms with Gasteiger partial charge in [0.25, 0.3) is 0 Å². The van der Waals surface area contributed by atoms with Crippen LogP contribution in [0.25, 0.3) is 11.1 Å². The molecule has 0 aliphatic rings. The molecule has 1 aromatic heterocycles. The summed E-state index contributed by atoms with van der Waals surface area (Å²) in [5.41, 5.74) is 8.91. The predicted molar refractivity (Wildman–Crippen MR) is 73.4 cm³/mol. The summed E-state index contributed by atoms with van der Waals surface area (Å²) in [4.78, 5) is 4.28. The van der Waals surface area contributed by atoms with Gasteiger partial charge in [-0.3, -0.25) is 4.98 Å². The Morgan fingerprint density at radius 1 is 1.17 bits per heavy atom. The molecule has 2 aromatic rings. The van der Waals surface area contributed by atoms with Crippen LogP contribution in [0.1, 0.15) is 24.8 Å². The Hall–Kier alpha value is -1.87. The first-order valence-electron chi connectivity index (χ1n) is 6.15. The minimum Gasteiger partial charge on any atom is -0.508 e. The molecule has 0 saturated heterocycles. The topological polar surface area (TPSA) is 59.1 Å². The number of phenols is 1. The van der Waals surface area contributed by atoms with Crippen LogP contribution in [0, 0.1) is 0 Å². The molecule has 1 heterocycles. The smallest absolute Gasteiger partial charge is 0.115 e. The number of hydrogen-bond donors (Lipinski definition) is 2. The van der Waals surface area contributed by atoms with E-state index in [9.17, 15) is 5.11 Å². The van der Waals surface area contributed by atoms with E-state index >= 15 is 0 Å². The van der Waals surface area contributed by atoms with Gasteiger partial charge in [-0.2, -0.15) is 0 Å². The average molecular weight is 242 g/mol. The molecule has 0 fully saturated rings. The summed E-state index contributed by atoms with van der Waals surface area (Å²) in [5, 5.41) is 9.29. The quantitative estimate of drug-likeness (QED) is 0.866. The van der Waals surface area contributed by atoms with Crippen molar-refractivity contribution in [3.63, 3.8) is 0 Å². The molecule has 0 bridgehead atoms. The summed E-state index contributed by atoms with van der Waals surface area (Å²) in [6, 6.07) is 9.30. The molecular weight excluding hydrogens is 224 g/mol. The van der Waals surface area contributed by atoms with E-state index in [0.29, 0.717) is 12.5 Å². The van der Waals surface area contributed by atoms with Gasteiger partial charge in [-0.25, -0.2) is 0 Å². The lowest BCUT2D eigenvalue weighted by atomic mass is 9.96. The minimum atomic E-state index is 0.277. The standard InChI is InChI=1S/C15H18N2O/c1-11(6-7-16)13-8-14(10-17-9-13)12-2-4-15(18)5-3-12/h2-5,8-11,18H,6-7,16H2,1H3. The zero-order chi connectivity index (χ0) is 13.0. The molecule has 1 unspecified atom stereocenters. The van der Waals surface area contributed by atoms with Gasteiger partial charge in [-0.15, -0.1) is 0 Å². The molecule has 0 amide bonds. The molecule has 3 heteroatoms. The van der Waals surface area contributed by atoms with Crippen molar-refractivity contribution in [1.29, 1.82) is 0 Å². The number of pyridine rings is 1. The van der Waals surface area contributed by atoms with Crippen LogP contribution in [0.3, 0.4) is 0 Å². The molecule has 18 heavy (non-hydrogen) atoms. The van der Waals surface area contributed by atoms with Gasteiger partial charge >= 0.3 is 0 Å². The minimum absolute atomic E-state index is 0.277. The monoisotopic (exact) mass is 242 g/mol. The zero-order valence-corrected chi connectivity index (χ0v) is 10.5. The Kier molecular flexibility index (Phi) is 3.95. The second-order valence-electron chi connectivity index (χ2n) is 4.53. The van der Waals surface area contributed by atoms with E-state index in [-0.39, 0.29) is 5.75 Å². The van der Waals surface area contributed by atoms with Crippen LogP contribution in [-0.4, -0.2) is 16.6 Å². The summed E-state index contributed by atoms with van der Waals surface area (Å²) in [5.74, 6) is 0.693. The predicted octanol–water partition coefficient (Wildman–Crippen LogP) is 2.91. The zero-order valence-electron chi connectivity index (χ0n) is 10.5. The fraction of sp³-hybridized carbons (Fsp3) is 0.267. The first-order chi connectivity index (χ1) is 8.70. The second kappa shape index (κ2) is 5.65. The van der Waals surface area contributed by atoms with Gasteiger partial charge in [-0.05, 0) is 48.2 Å². The van der Waals surface area contributed by atoms with Gasteiger partial charge in [0.2, 0.25) is 0 Å². The molecule has 0 saturated carbocycles. The average Bonchev–Trinajstić information content (AvgIpc) is 2.40. The van der Waals surface area contributed by atoms with E-state index in [0.717, 1.165) is 17.5 Å². The molecule has 2 rings (SSSR count). The number of aromatic hydroxyl groups is 1. The summed E-state index contributed by atoms with van der Waals surface area (Å²) in [7, 11) is 0. The summed E-state index contributed by atoms with van der Waals surface area (Å²) < 4.78 is 0. The highest BCUT2D eigenvalue weighted by Gasteiger charge is 2.06. The third-order valence-electron chi connectivity index (χ3n) is 3.13. The highest BCUT2D eigenvalue weighted by Crippen LogP contribution is 2.25. The van der Waals surface area contributed by atoms with E-state index in [1.807, 2.05) is 24.5 Å². The van der Waals surface area contributed by atoms with Crippen LogP contribution in [0.2, 0.25) is 0 Å². The first kappa shape index (κ1) is 12.6. The van der Waals surface area contributed by atoms with Crippen LogP contribution in [-0.2, 0) is 0 Å². The van der Waals surface area contributed by atoms with Crippen LogP contribution in [0.15, 0.2) is 42.7 Å². The molecule has 0 spiro atoms. The van der Waals surface area contributed by atoms with Gasteiger partial charge in [0, 0.05) is 18.0 Å². The van der Waals surface area contributed by atoms with E-state index in [1.165, 1.54) is 5.56 Å². The Morgan fingerprint density at radius 2 is 1.89 bits per heavy atom. The van der Waals surface area contributed by atoms with Crippen LogP contribution < -0.4 is 5.73 Å². The van der Waals surface area contributed by atoms with Gasteiger partial charge in [0.1, 0.15) is 5.75 Å². The third kappa shape index (κ3) is 2.87. The fourth-order valence-corrected chi connectivity index (χ4v) is 1.96. The number of rotatable bonds is 4. The van der Waals surface area contributed by atoms with Crippen molar-refractivity contribution in [3.8, 4) is 16.9 Å². The molecule has 1 atom stereocenters. The molecule has 0 radical (unpaired) electrons. The largest absolute Gasteiger partial charge is 0.508 e. The molecule has 94 valence electrons. The van der Waals surface area contributed by atoms with Gasteiger partial charge in [-0.1, -0.05) is 19.1 Å². The molecule has 1 aromatic carbocycles. The lowest BCUT2D eigenvalue weighted by molar-refractivity contribution is 0.475. The molecule has 3 nitrogen and oxygen atoms in total. The van der Waals surface area contributed by atoms with Crippen LogP contribution >= 0.6 is 0 Å². The lowest BCUT2D eigenvalue weighted by Crippen LogP contribution is -2.04. The maximum absolute atomic E-state index is 9.29. The maximum atomic E-state index is 9.29. The molecule has 3 N–H and O–H groups in total. The normalized spacial score (nSPS) is 12.3. The van der Waals surface area contributed by atoms with E-state index in [1.54, 1.807) is 12.1 Å². The Balaban J connectivity index is 2.29. The van der Waals surface area contributed by atoms with Crippen molar-refractivity contribution in [1.82, 2.24) is 4.98 Å². The summed E-state index contributed by atoms with van der Waals surface area (Å²) in [6.45, 7) is 2.84. The van der Waals surface area contributed by atoms with Crippen molar-refractivity contribution in [2.75, 3.05) is 6.54 Å². The third-order valence-corrected chi connectivity index (χ3v) is 3.13. The van der Waals surface area contributed by atoms with E-state index < -0.39 is 0 Å². The fourth-order valence-electron chi connectivity index (χ4n) is 1.96. The number of benzene rings is 1. The van der Waals surface area contributed by atoms with Crippen molar-refractivity contribution in [2.45, 2.75) is 19.3 Å². The van der Waals surface area contributed by atoms with Crippen LogP contribution in [0.4, 0.5) is 0 Å². The van der Waals surface area contributed by atoms with Gasteiger partial charge in [0.15, 0.2) is 0 Å². The Bertz CT molecular complexity index is 508. The lowest BCUT2D eigenvalue weighted by Gasteiger charge is -2.11. The van der Waals surface area contributed by atoms with Crippen molar-refractivity contribution in [2.24, 2.45) is 5.73 Å². The van der Waals surface area contributed by atoms with Crippen LogP contribution in [0.5, 0.6) is 5.75 Å². The SMILES string of the molecule is CC(CCN)c1cncc(-c2ccc(O)cc2)c1. The van der Waals surface area contributed by atoms with Gasteiger partial charge < -0.3 is 10.8 Å². The van der Waals surface area contributed by atoms with Crippen molar-refractivity contribution >= 4 is 0 Å². The number of nitrogens with zero attached hydrogens (tertiary/aromatic N) is 1. The molecule has 0 aliphatic carbocycles. The highest BCUT2D eigenvalue weighted by molar-refractivity contribution is 5.63. The second-order valence-corrected chi connectivity index (χ2v) is 4.53. The summed E-state index contributed by atoms with van der Waals surface area (Å²) >= 11 is 0. The Labute approximate surface area is 107 Å². The van der Waals surface area contributed by atoms with E-state index in [2.05, 4.69) is 18.0 Å². The maximum Gasteiger partial charge on any atom is 0.115 e. The molecule has 0 aliphatic heterocycles. The first-order valence-corrected chi connectivity index (χ1v) is 6.15. The molecular formula is C15H18N2O. The van der Waals surface area contributed by atoms with Crippen molar-refractivity contribution in [3.05, 3.63) is 48.3 Å². The van der Waals surface area contributed by atoms with Crippen molar-refractivity contribution < 1.29 is 5.11 Å². The summed E-state index contributed by atoms with van der Waals surface area (Å²) in [6.07, 6.45) is 4.69. The Morgan fingerprint density at radius 3 is 2.56 bits per heavy atom. The van der Waals surface area contributed by atoms with E-state index in [4.69, 9.17) is 5.73 Å². The number of aromatic nitrogens is 1. The number of hydrogen-bond acceptors (Lipinski definition) is 3. The highest BCUT2D eigenvalue weighted by atomic mass is 16.3. The number of nitrogens with two attached hydrogens (primary N) is 1. The number of phenolic OH excluding ortho intramolecular Hbond substituents is 1.